The van der Waals surface area contributed by atoms with Crippen molar-refractivity contribution in [3.8, 4) is 22.8 Å². The third-order valence-corrected chi connectivity index (χ3v) is 4.52. The molecule has 6 nitrogen and oxygen atoms in total. The third kappa shape index (κ3) is 4.02. The first-order chi connectivity index (χ1) is 12.1. The Morgan fingerprint density at radius 2 is 1.73 bits per heavy atom. The van der Waals surface area contributed by atoms with Crippen LogP contribution in [-0.2, 0) is 9.84 Å². The summed E-state index contributed by atoms with van der Waals surface area (Å²) in [4.78, 5) is 8.21. The van der Waals surface area contributed by atoms with Crippen LogP contribution in [0.1, 0.15) is 0 Å². The number of benzene rings is 1. The molecule has 0 N–H and O–H groups in total. The van der Waals surface area contributed by atoms with Crippen molar-refractivity contribution in [2.45, 2.75) is 11.3 Å². The lowest BCUT2D eigenvalue weighted by Gasteiger charge is -2.10. The van der Waals surface area contributed by atoms with Gasteiger partial charge >= 0.3 is 6.36 Å². The topological polar surface area (TPSA) is 74.1 Å². The fraction of sp³-hybridized carbons (Fsp3) is 0.125. The molecule has 0 amide bonds. The Morgan fingerprint density at radius 3 is 2.27 bits per heavy atom. The van der Waals surface area contributed by atoms with Gasteiger partial charge in [0, 0.05) is 18.0 Å². The summed E-state index contributed by atoms with van der Waals surface area (Å²) in [6, 6.07) is 8.24. The zero-order chi connectivity index (χ0) is 18.9. The molecule has 10 heteroatoms. The van der Waals surface area contributed by atoms with Gasteiger partial charge in [-0.3, -0.25) is 4.57 Å². The predicted molar refractivity (Wildman–Crippen MR) is 86.6 cm³/mol. The molecule has 0 spiro atoms. The summed E-state index contributed by atoms with van der Waals surface area (Å²) in [5.74, 6) is 0.0865. The van der Waals surface area contributed by atoms with E-state index in [9.17, 15) is 21.6 Å². The van der Waals surface area contributed by atoms with E-state index in [4.69, 9.17) is 0 Å². The van der Waals surface area contributed by atoms with E-state index in [1.807, 2.05) is 0 Å². The first kappa shape index (κ1) is 17.9. The van der Waals surface area contributed by atoms with Gasteiger partial charge in [0.15, 0.2) is 9.84 Å². The highest BCUT2D eigenvalue weighted by atomic mass is 32.2. The number of hydrogen-bond acceptors (Lipinski definition) is 5. The molecule has 0 saturated carbocycles. The van der Waals surface area contributed by atoms with Gasteiger partial charge in [-0.15, -0.1) is 13.2 Å². The monoisotopic (exact) mass is 383 g/mol. The first-order valence-electron chi connectivity index (χ1n) is 7.18. The Hall–Kier alpha value is -2.88. The lowest BCUT2D eigenvalue weighted by Crippen LogP contribution is -2.16. The Bertz CT molecular complexity index is 1010. The van der Waals surface area contributed by atoms with Gasteiger partial charge in [-0.25, -0.2) is 18.4 Å². The van der Waals surface area contributed by atoms with Crippen LogP contribution in [0, 0.1) is 0 Å². The summed E-state index contributed by atoms with van der Waals surface area (Å²) < 4.78 is 65.1. The highest BCUT2D eigenvalue weighted by Gasteiger charge is 2.31. The fourth-order valence-corrected chi connectivity index (χ4v) is 2.81. The number of alkyl halides is 3. The maximum Gasteiger partial charge on any atom is 0.573 e. The maximum absolute atomic E-state index is 12.2. The van der Waals surface area contributed by atoms with Crippen LogP contribution < -0.4 is 4.74 Å². The van der Waals surface area contributed by atoms with E-state index in [1.165, 1.54) is 55.1 Å². The van der Waals surface area contributed by atoms with Crippen LogP contribution >= 0.6 is 0 Å². The molecule has 0 aliphatic heterocycles. The molecule has 0 radical (unpaired) electrons. The number of pyridine rings is 1. The molecule has 0 saturated heterocycles. The second kappa shape index (κ2) is 6.45. The van der Waals surface area contributed by atoms with Crippen molar-refractivity contribution in [2.24, 2.45) is 0 Å². The second-order valence-electron chi connectivity index (χ2n) is 5.35. The average Bonchev–Trinajstić information content (AvgIpc) is 3.03. The Kier molecular flexibility index (Phi) is 4.45. The highest BCUT2D eigenvalue weighted by molar-refractivity contribution is 7.90. The summed E-state index contributed by atoms with van der Waals surface area (Å²) in [6.45, 7) is 0. The SMILES string of the molecule is CS(=O)(=O)c1ccc(-n2cncc2-c2ccc(OC(F)(F)F)cc2)nc1. The van der Waals surface area contributed by atoms with Crippen molar-refractivity contribution in [1.82, 2.24) is 14.5 Å². The standard InChI is InChI=1S/C16H12F3N3O3S/c1-26(23,24)13-6-7-15(21-8-13)22-10-20-9-14(22)11-2-4-12(5-3-11)25-16(17,18)19/h2-10H,1H3. The van der Waals surface area contributed by atoms with E-state index in [0.29, 0.717) is 17.1 Å². The van der Waals surface area contributed by atoms with E-state index < -0.39 is 16.2 Å². The van der Waals surface area contributed by atoms with Crippen LogP contribution in [0.25, 0.3) is 17.1 Å². The van der Waals surface area contributed by atoms with Crippen LogP contribution in [0.3, 0.4) is 0 Å². The summed E-state index contributed by atoms with van der Waals surface area (Å²) in [6.07, 6.45) is 0.546. The molecule has 2 aromatic heterocycles. The minimum Gasteiger partial charge on any atom is -0.406 e. The molecule has 0 bridgehead atoms. The first-order valence-corrected chi connectivity index (χ1v) is 9.08. The summed E-state index contributed by atoms with van der Waals surface area (Å²) in [5.41, 5.74) is 1.16. The van der Waals surface area contributed by atoms with Crippen molar-refractivity contribution in [1.29, 1.82) is 0 Å². The van der Waals surface area contributed by atoms with E-state index in [2.05, 4.69) is 14.7 Å². The van der Waals surface area contributed by atoms with Gasteiger partial charge in [0.25, 0.3) is 0 Å². The van der Waals surface area contributed by atoms with Crippen LogP contribution in [0.4, 0.5) is 13.2 Å². The highest BCUT2D eigenvalue weighted by Crippen LogP contribution is 2.27. The zero-order valence-electron chi connectivity index (χ0n) is 13.3. The molecule has 136 valence electrons. The average molecular weight is 383 g/mol. The fourth-order valence-electron chi connectivity index (χ4n) is 2.25. The van der Waals surface area contributed by atoms with Crippen molar-refractivity contribution >= 4 is 9.84 Å². The number of sulfone groups is 1. The number of halogens is 3. The number of aromatic nitrogens is 3. The van der Waals surface area contributed by atoms with Crippen LogP contribution in [-0.4, -0.2) is 35.6 Å². The number of ether oxygens (including phenoxy) is 1. The van der Waals surface area contributed by atoms with E-state index in [-0.39, 0.29) is 10.6 Å². The minimum atomic E-state index is -4.76. The van der Waals surface area contributed by atoms with Crippen molar-refractivity contribution < 1.29 is 26.3 Å². The number of nitrogens with zero attached hydrogens (tertiary/aromatic N) is 3. The van der Waals surface area contributed by atoms with Crippen LogP contribution in [0.2, 0.25) is 0 Å². The van der Waals surface area contributed by atoms with Crippen LogP contribution in [0.15, 0.2) is 60.0 Å². The Morgan fingerprint density at radius 1 is 1.04 bits per heavy atom. The number of rotatable bonds is 4. The molecule has 1 aromatic carbocycles. The van der Waals surface area contributed by atoms with Crippen LogP contribution in [0.5, 0.6) is 5.75 Å². The van der Waals surface area contributed by atoms with Crippen molar-refractivity contribution in [3.63, 3.8) is 0 Å². The van der Waals surface area contributed by atoms with E-state index in [0.717, 1.165) is 6.26 Å². The number of hydrogen-bond donors (Lipinski definition) is 0. The second-order valence-corrected chi connectivity index (χ2v) is 7.36. The van der Waals surface area contributed by atoms with Gasteiger partial charge in [-0.05, 0) is 36.4 Å². The van der Waals surface area contributed by atoms with Crippen molar-refractivity contribution in [2.75, 3.05) is 6.26 Å². The Labute approximate surface area is 146 Å². The minimum absolute atomic E-state index is 0.0802. The molecule has 0 unspecified atom stereocenters. The smallest absolute Gasteiger partial charge is 0.406 e. The third-order valence-electron chi connectivity index (χ3n) is 3.42. The molecule has 2 heterocycles. The largest absolute Gasteiger partial charge is 0.573 e. The number of imidazole rings is 1. The van der Waals surface area contributed by atoms with Gasteiger partial charge in [0.2, 0.25) is 0 Å². The zero-order valence-corrected chi connectivity index (χ0v) is 14.1. The predicted octanol–water partition coefficient (Wildman–Crippen LogP) is 3.24. The van der Waals surface area contributed by atoms with Gasteiger partial charge in [-0.1, -0.05) is 0 Å². The molecule has 0 aliphatic carbocycles. The Balaban J connectivity index is 1.91. The molecule has 0 aliphatic rings. The molecule has 0 atom stereocenters. The van der Waals surface area contributed by atoms with E-state index >= 15 is 0 Å². The molecule has 26 heavy (non-hydrogen) atoms. The molecule has 0 fully saturated rings. The summed E-state index contributed by atoms with van der Waals surface area (Å²) in [5, 5.41) is 0. The van der Waals surface area contributed by atoms with E-state index in [1.54, 1.807) is 4.57 Å². The quantitative estimate of drug-likeness (QED) is 0.692. The lowest BCUT2D eigenvalue weighted by molar-refractivity contribution is -0.274. The van der Waals surface area contributed by atoms with Crippen molar-refractivity contribution in [3.05, 3.63) is 55.1 Å². The van der Waals surface area contributed by atoms with Gasteiger partial charge in [0.05, 0.1) is 16.8 Å². The molecule has 3 aromatic rings. The normalized spacial score (nSPS) is 12.2. The van der Waals surface area contributed by atoms with Gasteiger partial charge < -0.3 is 4.74 Å². The summed E-state index contributed by atoms with van der Waals surface area (Å²) >= 11 is 0. The molecule has 3 rings (SSSR count). The van der Waals surface area contributed by atoms with Gasteiger partial charge in [-0.2, -0.15) is 0 Å². The summed E-state index contributed by atoms with van der Waals surface area (Å²) in [7, 11) is -3.36. The maximum atomic E-state index is 12.2. The molecular weight excluding hydrogens is 371 g/mol. The lowest BCUT2D eigenvalue weighted by atomic mass is 10.1. The molecular formula is C16H12F3N3O3S. The van der Waals surface area contributed by atoms with Gasteiger partial charge in [0.1, 0.15) is 17.9 Å².